The topological polar surface area (TPSA) is 38.1 Å². The van der Waals surface area contributed by atoms with E-state index in [4.69, 9.17) is 4.98 Å². The van der Waals surface area contributed by atoms with Gasteiger partial charge in [-0.3, -0.25) is 9.98 Å². The van der Waals surface area contributed by atoms with E-state index < -0.39 is 0 Å². The second-order valence-corrected chi connectivity index (χ2v) is 6.35. The highest BCUT2D eigenvalue weighted by Gasteiger charge is 2.06. The number of nitrogens with zero attached hydrogens (tertiary/aromatic N) is 3. The average Bonchev–Trinajstić information content (AvgIpc) is 3.19. The van der Waals surface area contributed by atoms with Crippen molar-refractivity contribution >= 4 is 23.2 Å². The molecule has 0 fully saturated rings. The first-order chi connectivity index (χ1) is 12.4. The molecule has 0 radical (unpaired) electrons. The lowest BCUT2D eigenvalue weighted by molar-refractivity contribution is 1.31. The summed E-state index contributed by atoms with van der Waals surface area (Å²) in [6.45, 7) is 0. The van der Waals surface area contributed by atoms with Crippen LogP contribution < -0.4 is 0 Å². The molecule has 0 aliphatic carbocycles. The molecule has 0 N–H and O–H groups in total. The summed E-state index contributed by atoms with van der Waals surface area (Å²) in [7, 11) is 0. The van der Waals surface area contributed by atoms with Crippen molar-refractivity contribution in [2.45, 2.75) is 0 Å². The zero-order valence-corrected chi connectivity index (χ0v) is 14.2. The van der Waals surface area contributed by atoms with Crippen LogP contribution in [0.4, 0.5) is 5.69 Å². The first-order valence-corrected chi connectivity index (χ1v) is 8.82. The summed E-state index contributed by atoms with van der Waals surface area (Å²) in [6, 6.07) is 22.2. The van der Waals surface area contributed by atoms with Gasteiger partial charge >= 0.3 is 0 Å². The summed E-state index contributed by atoms with van der Waals surface area (Å²) in [5.74, 6) is 0. The predicted octanol–water partition coefficient (Wildman–Crippen LogP) is 5.62. The summed E-state index contributed by atoms with van der Waals surface area (Å²) >= 11 is 1.63. The fourth-order valence-corrected chi connectivity index (χ4v) is 3.25. The lowest BCUT2D eigenvalue weighted by Crippen LogP contribution is -1.81. The summed E-state index contributed by atoms with van der Waals surface area (Å²) in [4.78, 5) is 13.4. The van der Waals surface area contributed by atoms with E-state index >= 15 is 0 Å². The van der Waals surface area contributed by atoms with Crippen molar-refractivity contribution in [3.05, 3.63) is 90.1 Å². The molecule has 2 heterocycles. The highest BCUT2D eigenvalue weighted by Crippen LogP contribution is 2.29. The van der Waals surface area contributed by atoms with E-state index in [1.54, 1.807) is 17.5 Å². The van der Waals surface area contributed by atoms with E-state index in [0.29, 0.717) is 0 Å². The van der Waals surface area contributed by atoms with Gasteiger partial charge in [-0.2, -0.15) is 0 Å². The number of pyridine rings is 1. The largest absolute Gasteiger partial charge is 0.264 e. The summed E-state index contributed by atoms with van der Waals surface area (Å²) < 4.78 is 0. The van der Waals surface area contributed by atoms with Crippen LogP contribution in [0.3, 0.4) is 0 Å². The van der Waals surface area contributed by atoms with Crippen LogP contribution in [0, 0.1) is 0 Å². The first kappa shape index (κ1) is 15.4. The number of hydrogen-bond acceptors (Lipinski definition) is 4. The predicted molar refractivity (Wildman–Crippen MR) is 104 cm³/mol. The van der Waals surface area contributed by atoms with Crippen molar-refractivity contribution in [2.75, 3.05) is 0 Å². The van der Waals surface area contributed by atoms with Crippen LogP contribution in [0.15, 0.2) is 89.5 Å². The number of aromatic nitrogens is 2. The molecule has 2 aromatic heterocycles. The van der Waals surface area contributed by atoms with E-state index in [9.17, 15) is 0 Å². The molecule has 0 aliphatic heterocycles. The van der Waals surface area contributed by atoms with Crippen molar-refractivity contribution in [3.63, 3.8) is 0 Å². The summed E-state index contributed by atoms with van der Waals surface area (Å²) in [6.07, 6.45) is 5.48. The van der Waals surface area contributed by atoms with Gasteiger partial charge in [0.1, 0.15) is 5.01 Å². The van der Waals surface area contributed by atoms with E-state index in [1.807, 2.05) is 67.0 Å². The monoisotopic (exact) mass is 341 g/mol. The number of rotatable bonds is 4. The minimum absolute atomic E-state index is 0.926. The maximum Gasteiger partial charge on any atom is 0.125 e. The van der Waals surface area contributed by atoms with E-state index in [-0.39, 0.29) is 0 Å². The molecule has 0 saturated carbocycles. The van der Waals surface area contributed by atoms with Gasteiger partial charge in [0, 0.05) is 35.1 Å². The second kappa shape index (κ2) is 7.20. The van der Waals surface area contributed by atoms with Gasteiger partial charge in [-0.15, -0.1) is 11.3 Å². The second-order valence-electron chi connectivity index (χ2n) is 5.50. The standard InChI is InChI=1S/C21H15N3S/c1-2-5-16(6-3-1)13-23-19-10-8-17(9-11-19)20-15-25-21(24-20)18-7-4-12-22-14-18/h1-15H. The molecule has 4 aromatic rings. The van der Waals surface area contributed by atoms with Gasteiger partial charge in [0.15, 0.2) is 0 Å². The van der Waals surface area contributed by atoms with Crippen molar-refractivity contribution in [1.29, 1.82) is 0 Å². The third-order valence-corrected chi connectivity index (χ3v) is 4.63. The van der Waals surface area contributed by atoms with Crippen LogP contribution in [0.25, 0.3) is 21.8 Å². The van der Waals surface area contributed by atoms with Gasteiger partial charge in [-0.25, -0.2) is 4.98 Å². The number of benzene rings is 2. The normalized spacial score (nSPS) is 11.0. The Bertz CT molecular complexity index is 975. The molecule has 0 saturated heterocycles. The van der Waals surface area contributed by atoms with E-state index in [1.165, 1.54) is 0 Å². The Morgan fingerprint density at radius 3 is 2.44 bits per heavy atom. The van der Waals surface area contributed by atoms with Crippen LogP contribution in [0.1, 0.15) is 5.56 Å². The zero-order chi connectivity index (χ0) is 16.9. The smallest absolute Gasteiger partial charge is 0.125 e. The van der Waals surface area contributed by atoms with Crippen LogP contribution >= 0.6 is 11.3 Å². The molecule has 0 bridgehead atoms. The number of hydrogen-bond donors (Lipinski definition) is 0. The Balaban J connectivity index is 1.53. The molecular weight excluding hydrogens is 326 g/mol. The fourth-order valence-electron chi connectivity index (χ4n) is 2.43. The van der Waals surface area contributed by atoms with Gasteiger partial charge in [-0.1, -0.05) is 42.5 Å². The third-order valence-electron chi connectivity index (χ3n) is 3.74. The highest BCUT2D eigenvalue weighted by atomic mass is 32.1. The molecule has 120 valence electrons. The molecular formula is C21H15N3S. The molecule has 0 aliphatic rings. The lowest BCUT2D eigenvalue weighted by atomic mass is 10.1. The third kappa shape index (κ3) is 3.70. The first-order valence-electron chi connectivity index (χ1n) is 7.94. The maximum atomic E-state index is 4.71. The highest BCUT2D eigenvalue weighted by molar-refractivity contribution is 7.13. The van der Waals surface area contributed by atoms with Crippen LogP contribution in [0.2, 0.25) is 0 Å². The SMILES string of the molecule is C(=Nc1ccc(-c2csc(-c3cccnc3)n2)cc1)c1ccccc1. The van der Waals surface area contributed by atoms with Crippen LogP contribution in [-0.4, -0.2) is 16.2 Å². The Kier molecular flexibility index (Phi) is 4.44. The van der Waals surface area contributed by atoms with Crippen molar-refractivity contribution in [2.24, 2.45) is 4.99 Å². The van der Waals surface area contributed by atoms with Gasteiger partial charge in [0.05, 0.1) is 11.4 Å². The van der Waals surface area contributed by atoms with Crippen molar-refractivity contribution < 1.29 is 0 Å². The maximum absolute atomic E-state index is 4.71. The summed E-state index contributed by atoms with van der Waals surface area (Å²) in [5, 5.41) is 3.05. The minimum Gasteiger partial charge on any atom is -0.264 e. The number of thiazole rings is 1. The van der Waals surface area contributed by atoms with E-state index in [0.717, 1.165) is 33.1 Å². The molecule has 3 nitrogen and oxygen atoms in total. The molecule has 4 heteroatoms. The quantitative estimate of drug-likeness (QED) is 0.452. The molecule has 2 aromatic carbocycles. The lowest BCUT2D eigenvalue weighted by Gasteiger charge is -1.98. The summed E-state index contributed by atoms with van der Waals surface area (Å²) in [5.41, 5.74) is 5.12. The molecule has 4 rings (SSSR count). The average molecular weight is 341 g/mol. The van der Waals surface area contributed by atoms with Gasteiger partial charge in [-0.05, 0) is 29.8 Å². The zero-order valence-electron chi connectivity index (χ0n) is 13.4. The molecule has 0 spiro atoms. The molecule has 0 unspecified atom stereocenters. The molecule has 0 atom stereocenters. The van der Waals surface area contributed by atoms with Crippen molar-refractivity contribution in [3.8, 4) is 21.8 Å². The van der Waals surface area contributed by atoms with E-state index in [2.05, 4.69) is 27.5 Å². The Morgan fingerprint density at radius 2 is 1.68 bits per heavy atom. The van der Waals surface area contributed by atoms with Gasteiger partial charge in [0.25, 0.3) is 0 Å². The Labute approximate surface area is 150 Å². The van der Waals surface area contributed by atoms with Crippen LogP contribution in [-0.2, 0) is 0 Å². The van der Waals surface area contributed by atoms with Gasteiger partial charge in [0.2, 0.25) is 0 Å². The molecule has 25 heavy (non-hydrogen) atoms. The molecule has 0 amide bonds. The minimum atomic E-state index is 0.926. The fraction of sp³-hybridized carbons (Fsp3) is 0. The Hall–Kier alpha value is -3.11. The number of aliphatic imine (C=N–C) groups is 1. The van der Waals surface area contributed by atoms with Gasteiger partial charge < -0.3 is 0 Å². The van der Waals surface area contributed by atoms with Crippen molar-refractivity contribution in [1.82, 2.24) is 9.97 Å². The van der Waals surface area contributed by atoms with Crippen LogP contribution in [0.5, 0.6) is 0 Å². The Morgan fingerprint density at radius 1 is 0.840 bits per heavy atom.